The molecule has 6 heteroatoms. The molecule has 2 N–H and O–H groups in total. The van der Waals surface area contributed by atoms with Gasteiger partial charge in [-0.15, -0.1) is 0 Å². The molecule has 1 amide bonds. The standard InChI is InChI=1S/C15H23ClN2O3/c1-3-4-11(5-6-14(19)20)7-8-17-15(21)13-9-12(16)10-18(13)2/h9-11H,3-8H2,1-2H3,(H,17,21)(H,19,20). The Hall–Kier alpha value is -1.49. The second-order valence-electron chi connectivity index (χ2n) is 5.29. The van der Waals surface area contributed by atoms with Gasteiger partial charge in [0.05, 0.1) is 5.02 Å². The van der Waals surface area contributed by atoms with E-state index in [0.29, 0.717) is 29.6 Å². The van der Waals surface area contributed by atoms with Crippen LogP contribution in [0.5, 0.6) is 0 Å². The summed E-state index contributed by atoms with van der Waals surface area (Å²) in [6.45, 7) is 2.63. The van der Waals surface area contributed by atoms with Crippen LogP contribution in [0.3, 0.4) is 0 Å². The Bertz CT molecular complexity index is 485. The summed E-state index contributed by atoms with van der Waals surface area (Å²) < 4.78 is 1.69. The van der Waals surface area contributed by atoms with Crippen molar-refractivity contribution >= 4 is 23.5 Å². The Kier molecular flexibility index (Phi) is 7.29. The summed E-state index contributed by atoms with van der Waals surface area (Å²) >= 11 is 5.85. The van der Waals surface area contributed by atoms with E-state index >= 15 is 0 Å². The first-order chi connectivity index (χ1) is 9.93. The van der Waals surface area contributed by atoms with Crippen molar-refractivity contribution in [1.29, 1.82) is 0 Å². The molecular formula is C15H23ClN2O3. The van der Waals surface area contributed by atoms with E-state index in [2.05, 4.69) is 12.2 Å². The van der Waals surface area contributed by atoms with Crippen LogP contribution in [0.4, 0.5) is 0 Å². The fraction of sp³-hybridized carbons (Fsp3) is 0.600. The molecular weight excluding hydrogens is 292 g/mol. The molecule has 0 saturated carbocycles. The monoisotopic (exact) mass is 314 g/mol. The lowest BCUT2D eigenvalue weighted by atomic mass is 9.94. The average Bonchev–Trinajstić information content (AvgIpc) is 2.74. The average molecular weight is 315 g/mol. The van der Waals surface area contributed by atoms with Crippen LogP contribution in [0.2, 0.25) is 5.02 Å². The van der Waals surface area contributed by atoms with E-state index in [1.165, 1.54) is 0 Å². The number of aliphatic carboxylic acids is 1. The molecule has 1 aromatic rings. The van der Waals surface area contributed by atoms with Gasteiger partial charge in [0.2, 0.25) is 0 Å². The largest absolute Gasteiger partial charge is 0.481 e. The summed E-state index contributed by atoms with van der Waals surface area (Å²) in [5.74, 6) is -0.583. The Morgan fingerprint density at radius 2 is 2.10 bits per heavy atom. The van der Waals surface area contributed by atoms with Gasteiger partial charge >= 0.3 is 5.97 Å². The molecule has 0 aliphatic carbocycles. The summed E-state index contributed by atoms with van der Waals surface area (Å²) in [6.07, 6.45) is 5.33. The first-order valence-corrected chi connectivity index (χ1v) is 7.63. The van der Waals surface area contributed by atoms with Crippen molar-refractivity contribution < 1.29 is 14.7 Å². The number of halogens is 1. The van der Waals surface area contributed by atoms with Crippen LogP contribution in [-0.2, 0) is 11.8 Å². The number of carboxylic acid groups (broad SMARTS) is 1. The van der Waals surface area contributed by atoms with Crippen LogP contribution in [0.1, 0.15) is 49.5 Å². The molecule has 1 heterocycles. The van der Waals surface area contributed by atoms with Gasteiger partial charge in [-0.2, -0.15) is 0 Å². The molecule has 0 aromatic carbocycles. The zero-order valence-corrected chi connectivity index (χ0v) is 13.3. The SMILES string of the molecule is CCCC(CCNC(=O)c1cc(Cl)cn1C)CCC(=O)O. The molecule has 1 unspecified atom stereocenters. The first kappa shape index (κ1) is 17.6. The number of hydrogen-bond acceptors (Lipinski definition) is 2. The molecule has 1 rings (SSSR count). The van der Waals surface area contributed by atoms with Gasteiger partial charge in [0.15, 0.2) is 0 Å². The zero-order chi connectivity index (χ0) is 15.8. The lowest BCUT2D eigenvalue weighted by Gasteiger charge is -2.15. The first-order valence-electron chi connectivity index (χ1n) is 7.25. The maximum atomic E-state index is 12.0. The highest BCUT2D eigenvalue weighted by Gasteiger charge is 2.13. The van der Waals surface area contributed by atoms with E-state index in [9.17, 15) is 9.59 Å². The maximum Gasteiger partial charge on any atom is 0.303 e. The zero-order valence-electron chi connectivity index (χ0n) is 12.6. The number of carboxylic acids is 1. The van der Waals surface area contributed by atoms with Gasteiger partial charge in [-0.1, -0.05) is 31.4 Å². The van der Waals surface area contributed by atoms with Gasteiger partial charge in [0, 0.05) is 26.2 Å². The molecule has 1 atom stereocenters. The summed E-state index contributed by atoms with van der Waals surface area (Å²) in [6, 6.07) is 1.63. The summed E-state index contributed by atoms with van der Waals surface area (Å²) in [5, 5.41) is 12.1. The Balaban J connectivity index is 2.40. The molecule has 0 bridgehead atoms. The molecule has 5 nitrogen and oxygen atoms in total. The van der Waals surface area contributed by atoms with Gasteiger partial charge in [-0.05, 0) is 24.8 Å². The predicted octanol–water partition coefficient (Wildman–Crippen LogP) is 3.08. The highest BCUT2D eigenvalue weighted by molar-refractivity contribution is 6.31. The van der Waals surface area contributed by atoms with Crippen LogP contribution in [0.25, 0.3) is 0 Å². The van der Waals surface area contributed by atoms with Crippen LogP contribution in [0, 0.1) is 5.92 Å². The summed E-state index contributed by atoms with van der Waals surface area (Å²) in [7, 11) is 1.77. The number of hydrogen-bond donors (Lipinski definition) is 2. The van der Waals surface area contributed by atoms with Crippen molar-refractivity contribution in [3.05, 3.63) is 23.0 Å². The predicted molar refractivity (Wildman–Crippen MR) is 82.6 cm³/mol. The molecule has 1 aromatic heterocycles. The highest BCUT2D eigenvalue weighted by atomic mass is 35.5. The fourth-order valence-corrected chi connectivity index (χ4v) is 2.65. The van der Waals surface area contributed by atoms with Crippen LogP contribution in [0.15, 0.2) is 12.3 Å². The third-order valence-corrected chi connectivity index (χ3v) is 3.71. The highest BCUT2D eigenvalue weighted by Crippen LogP contribution is 2.17. The van der Waals surface area contributed by atoms with Crippen LogP contribution in [-0.4, -0.2) is 28.1 Å². The number of amides is 1. The third kappa shape index (κ3) is 6.21. The van der Waals surface area contributed by atoms with Gasteiger partial charge in [0.1, 0.15) is 5.69 Å². The van der Waals surface area contributed by atoms with Crippen molar-refractivity contribution in [1.82, 2.24) is 9.88 Å². The minimum Gasteiger partial charge on any atom is -0.481 e. The number of nitrogens with one attached hydrogen (secondary N) is 1. The number of carbonyl (C=O) groups is 2. The van der Waals surface area contributed by atoms with Gasteiger partial charge in [-0.25, -0.2) is 0 Å². The minimum absolute atomic E-state index is 0.155. The van der Waals surface area contributed by atoms with Crippen molar-refractivity contribution in [3.63, 3.8) is 0 Å². The normalized spacial score (nSPS) is 12.1. The van der Waals surface area contributed by atoms with E-state index in [-0.39, 0.29) is 12.3 Å². The Morgan fingerprint density at radius 3 is 2.62 bits per heavy atom. The molecule has 0 fully saturated rings. The van der Waals surface area contributed by atoms with Crippen LogP contribution < -0.4 is 5.32 Å². The number of aromatic nitrogens is 1. The molecule has 0 radical (unpaired) electrons. The Labute approximate surface area is 130 Å². The van der Waals surface area contributed by atoms with Gasteiger partial charge in [-0.3, -0.25) is 9.59 Å². The smallest absolute Gasteiger partial charge is 0.303 e. The quantitative estimate of drug-likeness (QED) is 0.736. The number of rotatable bonds is 9. The number of carbonyl (C=O) groups excluding carboxylic acids is 1. The molecule has 0 saturated heterocycles. The van der Waals surface area contributed by atoms with Crippen molar-refractivity contribution in [2.24, 2.45) is 13.0 Å². The molecule has 21 heavy (non-hydrogen) atoms. The lowest BCUT2D eigenvalue weighted by Crippen LogP contribution is -2.27. The fourth-order valence-electron chi connectivity index (χ4n) is 2.40. The summed E-state index contributed by atoms with van der Waals surface area (Å²) in [4.78, 5) is 22.6. The van der Waals surface area contributed by atoms with Crippen molar-refractivity contribution in [3.8, 4) is 0 Å². The van der Waals surface area contributed by atoms with E-state index < -0.39 is 5.97 Å². The number of nitrogens with zero attached hydrogens (tertiary/aromatic N) is 1. The van der Waals surface area contributed by atoms with Crippen molar-refractivity contribution in [2.45, 2.75) is 39.0 Å². The van der Waals surface area contributed by atoms with E-state index in [4.69, 9.17) is 16.7 Å². The third-order valence-electron chi connectivity index (χ3n) is 3.51. The molecule has 0 aliphatic heterocycles. The topological polar surface area (TPSA) is 71.3 Å². The molecule has 0 spiro atoms. The molecule has 118 valence electrons. The number of aryl methyl sites for hydroxylation is 1. The lowest BCUT2D eigenvalue weighted by molar-refractivity contribution is -0.137. The van der Waals surface area contributed by atoms with Gasteiger partial charge in [0.25, 0.3) is 5.91 Å². The van der Waals surface area contributed by atoms with E-state index in [0.717, 1.165) is 19.3 Å². The molecule has 0 aliphatic rings. The van der Waals surface area contributed by atoms with Crippen LogP contribution >= 0.6 is 11.6 Å². The maximum absolute atomic E-state index is 12.0. The minimum atomic E-state index is -0.765. The van der Waals surface area contributed by atoms with E-state index in [1.807, 2.05) is 0 Å². The summed E-state index contributed by atoms with van der Waals surface area (Å²) in [5.41, 5.74) is 0.526. The Morgan fingerprint density at radius 1 is 1.38 bits per heavy atom. The van der Waals surface area contributed by atoms with Crippen molar-refractivity contribution in [2.75, 3.05) is 6.54 Å². The van der Waals surface area contributed by atoms with E-state index in [1.54, 1.807) is 23.9 Å². The second-order valence-corrected chi connectivity index (χ2v) is 5.72. The second kappa shape index (κ2) is 8.72. The van der Waals surface area contributed by atoms with Gasteiger partial charge < -0.3 is 15.0 Å².